The lowest BCUT2D eigenvalue weighted by Crippen LogP contribution is -2.66. The van der Waals surface area contributed by atoms with E-state index in [1.54, 1.807) is 0 Å². The van der Waals surface area contributed by atoms with Crippen LogP contribution in [0.4, 0.5) is 5.69 Å². The van der Waals surface area contributed by atoms with Gasteiger partial charge in [-0.3, -0.25) is 9.59 Å². The highest BCUT2D eigenvalue weighted by atomic mass is 35.5. The number of benzene rings is 1. The van der Waals surface area contributed by atoms with E-state index in [0.717, 1.165) is 39.0 Å². The van der Waals surface area contributed by atoms with Crippen LogP contribution in [-0.2, 0) is 4.79 Å². The molecule has 4 aliphatic rings. The molecule has 2 N–H and O–H groups in total. The van der Waals surface area contributed by atoms with Crippen LogP contribution in [0.2, 0.25) is 0 Å². The Labute approximate surface area is 191 Å². The maximum absolute atomic E-state index is 12.8. The summed E-state index contributed by atoms with van der Waals surface area (Å²) in [7, 11) is 0. The van der Waals surface area contributed by atoms with E-state index in [1.807, 2.05) is 12.1 Å². The number of nitrogens with zero attached hydrogens (tertiary/aromatic N) is 2. The number of nitrogens with one attached hydrogen (secondary N) is 2. The van der Waals surface area contributed by atoms with Crippen molar-refractivity contribution in [3.8, 4) is 0 Å². The molecule has 5 rings (SSSR count). The van der Waals surface area contributed by atoms with Gasteiger partial charge < -0.3 is 20.4 Å². The molecule has 4 saturated heterocycles. The van der Waals surface area contributed by atoms with Gasteiger partial charge >= 0.3 is 0 Å². The molecule has 1 aromatic rings. The number of hydrogen-bond acceptors (Lipinski definition) is 4. The second kappa shape index (κ2) is 9.78. The first kappa shape index (κ1) is 22.4. The molecule has 0 spiro atoms. The molecule has 0 aliphatic carbocycles. The van der Waals surface area contributed by atoms with Gasteiger partial charge in [0.2, 0.25) is 5.91 Å². The van der Waals surface area contributed by atoms with Gasteiger partial charge in [-0.1, -0.05) is 0 Å². The van der Waals surface area contributed by atoms with Gasteiger partial charge in [-0.2, -0.15) is 0 Å². The number of rotatable bonds is 4. The number of halogens is 1. The van der Waals surface area contributed by atoms with Crippen molar-refractivity contribution in [1.29, 1.82) is 0 Å². The zero-order valence-electron chi connectivity index (χ0n) is 18.2. The number of amides is 2. The Balaban J connectivity index is 0.00000231. The Hall–Kier alpha value is -1.79. The van der Waals surface area contributed by atoms with Crippen molar-refractivity contribution in [1.82, 2.24) is 15.5 Å². The predicted octanol–water partition coefficient (Wildman–Crippen LogP) is 2.82. The lowest BCUT2D eigenvalue weighted by Gasteiger charge is -2.54. The number of anilines is 1. The van der Waals surface area contributed by atoms with Gasteiger partial charge in [0, 0.05) is 49.9 Å². The van der Waals surface area contributed by atoms with Gasteiger partial charge in [0.05, 0.1) is 6.04 Å². The summed E-state index contributed by atoms with van der Waals surface area (Å²) >= 11 is 0. The average Bonchev–Trinajstić information content (AvgIpc) is 2.80. The van der Waals surface area contributed by atoms with Crippen molar-refractivity contribution in [3.05, 3.63) is 29.8 Å². The van der Waals surface area contributed by atoms with Crippen LogP contribution in [0, 0.1) is 11.8 Å². The fourth-order valence-electron chi connectivity index (χ4n) is 6.17. The number of fused-ring (bicyclic) bond motifs is 4. The molecule has 4 aliphatic heterocycles. The van der Waals surface area contributed by atoms with Crippen molar-refractivity contribution < 1.29 is 9.59 Å². The first-order valence-electron chi connectivity index (χ1n) is 11.9. The van der Waals surface area contributed by atoms with Crippen molar-refractivity contribution in [2.24, 2.45) is 11.8 Å². The molecule has 6 nitrogen and oxygen atoms in total. The van der Waals surface area contributed by atoms with Crippen molar-refractivity contribution >= 4 is 29.9 Å². The van der Waals surface area contributed by atoms with Crippen molar-refractivity contribution in [2.45, 2.75) is 57.0 Å². The van der Waals surface area contributed by atoms with E-state index < -0.39 is 0 Å². The van der Waals surface area contributed by atoms with Crippen LogP contribution in [0.5, 0.6) is 0 Å². The van der Waals surface area contributed by atoms with Crippen molar-refractivity contribution in [2.75, 3.05) is 37.6 Å². The number of carbonyl (C=O) groups is 2. The van der Waals surface area contributed by atoms with E-state index in [4.69, 9.17) is 0 Å². The number of piperidine rings is 4. The standard InChI is InChI=1S/C24H34N4O2.ClH/c29-23-6-4-5-21-18-13-19(15-25-14-18)22(28(21)23)16-26-24(30)17-7-9-20(10-8-17)27-11-2-1-3-12-27;/h7-10,18-19,21-22,25H,1-6,11-16H2,(H,26,30);1H/t18-,19+,21+,22+;/m1./s1. The summed E-state index contributed by atoms with van der Waals surface area (Å²) in [5.74, 6) is 1.26. The van der Waals surface area contributed by atoms with E-state index in [2.05, 4.69) is 32.6 Å². The topological polar surface area (TPSA) is 64.7 Å². The quantitative estimate of drug-likeness (QED) is 0.746. The summed E-state index contributed by atoms with van der Waals surface area (Å²) in [6.07, 6.45) is 7.75. The Morgan fingerprint density at radius 1 is 1.03 bits per heavy atom. The van der Waals surface area contributed by atoms with Crippen molar-refractivity contribution in [3.63, 3.8) is 0 Å². The highest BCUT2D eigenvalue weighted by molar-refractivity contribution is 5.94. The molecule has 1 aromatic carbocycles. The minimum Gasteiger partial charge on any atom is -0.372 e. The average molecular weight is 447 g/mol. The fraction of sp³-hybridized carbons (Fsp3) is 0.667. The van der Waals surface area contributed by atoms with Gasteiger partial charge in [0.15, 0.2) is 0 Å². The van der Waals surface area contributed by atoms with E-state index >= 15 is 0 Å². The maximum atomic E-state index is 12.8. The molecule has 0 saturated carbocycles. The molecule has 2 bridgehead atoms. The van der Waals surface area contributed by atoms with Crippen LogP contribution in [0.25, 0.3) is 0 Å². The first-order chi connectivity index (χ1) is 14.7. The monoisotopic (exact) mass is 446 g/mol. The van der Waals surface area contributed by atoms with Crippen LogP contribution in [-0.4, -0.2) is 61.5 Å². The maximum Gasteiger partial charge on any atom is 0.251 e. The third-order valence-corrected chi connectivity index (χ3v) is 7.72. The third-order valence-electron chi connectivity index (χ3n) is 7.72. The lowest BCUT2D eigenvalue weighted by molar-refractivity contribution is -0.148. The predicted molar refractivity (Wildman–Crippen MR) is 125 cm³/mol. The Morgan fingerprint density at radius 3 is 2.55 bits per heavy atom. The van der Waals surface area contributed by atoms with Crippen LogP contribution in [0.1, 0.15) is 55.3 Å². The Kier molecular flexibility index (Phi) is 7.07. The smallest absolute Gasteiger partial charge is 0.251 e. The second-order valence-corrected chi connectivity index (χ2v) is 9.55. The molecule has 4 fully saturated rings. The zero-order valence-corrected chi connectivity index (χ0v) is 19.0. The molecule has 0 radical (unpaired) electrons. The van der Waals surface area contributed by atoms with Crippen LogP contribution < -0.4 is 15.5 Å². The summed E-state index contributed by atoms with van der Waals surface area (Å²) in [5.41, 5.74) is 1.91. The molecule has 0 unspecified atom stereocenters. The minimum absolute atomic E-state index is 0. The van der Waals surface area contributed by atoms with Crippen LogP contribution >= 0.6 is 12.4 Å². The molecule has 2 amide bonds. The Morgan fingerprint density at radius 2 is 1.77 bits per heavy atom. The molecule has 31 heavy (non-hydrogen) atoms. The third kappa shape index (κ3) is 4.56. The Bertz CT molecular complexity index is 780. The molecule has 4 heterocycles. The largest absolute Gasteiger partial charge is 0.372 e. The van der Waals surface area contributed by atoms with E-state index in [1.165, 1.54) is 31.4 Å². The zero-order chi connectivity index (χ0) is 20.5. The first-order valence-corrected chi connectivity index (χ1v) is 11.9. The fourth-order valence-corrected chi connectivity index (χ4v) is 6.17. The molecule has 7 heteroatoms. The van der Waals surface area contributed by atoms with Gasteiger partial charge in [-0.05, 0) is 81.2 Å². The van der Waals surface area contributed by atoms with Gasteiger partial charge in [-0.25, -0.2) is 0 Å². The molecule has 170 valence electrons. The molecular formula is C24H35ClN4O2. The lowest BCUT2D eigenvalue weighted by atomic mass is 9.72. The van der Waals surface area contributed by atoms with E-state index in [-0.39, 0.29) is 30.3 Å². The van der Waals surface area contributed by atoms with Crippen LogP contribution in [0.3, 0.4) is 0 Å². The normalized spacial score (nSPS) is 30.3. The van der Waals surface area contributed by atoms with E-state index in [0.29, 0.717) is 36.4 Å². The SMILES string of the molecule is Cl.O=C(NC[C@H]1[C@@H]2CNC[C@@H](C2)[C@@H]2CCCC(=O)N21)c1ccc(N2CCCCC2)cc1. The highest BCUT2D eigenvalue weighted by Gasteiger charge is 2.47. The second-order valence-electron chi connectivity index (χ2n) is 9.55. The summed E-state index contributed by atoms with van der Waals surface area (Å²) < 4.78 is 0. The number of hydrogen-bond donors (Lipinski definition) is 2. The van der Waals surface area contributed by atoms with Gasteiger partial charge in [0.25, 0.3) is 5.91 Å². The van der Waals surface area contributed by atoms with Crippen LogP contribution in [0.15, 0.2) is 24.3 Å². The summed E-state index contributed by atoms with van der Waals surface area (Å²) in [5, 5.41) is 6.72. The van der Waals surface area contributed by atoms with Gasteiger partial charge in [0.1, 0.15) is 0 Å². The molecular weight excluding hydrogens is 412 g/mol. The van der Waals surface area contributed by atoms with E-state index in [9.17, 15) is 9.59 Å². The summed E-state index contributed by atoms with van der Waals surface area (Å²) in [4.78, 5) is 30.2. The van der Waals surface area contributed by atoms with Gasteiger partial charge in [-0.15, -0.1) is 12.4 Å². The highest BCUT2D eigenvalue weighted by Crippen LogP contribution is 2.39. The molecule has 4 atom stereocenters. The minimum atomic E-state index is -0.0351. The molecule has 0 aromatic heterocycles. The number of carbonyl (C=O) groups excluding carboxylic acids is 2. The summed E-state index contributed by atoms with van der Waals surface area (Å²) in [6.45, 7) is 4.73. The summed E-state index contributed by atoms with van der Waals surface area (Å²) in [6, 6.07) is 8.48.